The summed E-state index contributed by atoms with van der Waals surface area (Å²) in [6.45, 7) is 1.99. The molecule has 0 saturated carbocycles. The van der Waals surface area contributed by atoms with Gasteiger partial charge in [0.1, 0.15) is 6.33 Å². The molecule has 0 aromatic carbocycles. The summed E-state index contributed by atoms with van der Waals surface area (Å²) in [5.74, 6) is 0. The van der Waals surface area contributed by atoms with Crippen molar-refractivity contribution in [3.8, 4) is 0 Å². The van der Waals surface area contributed by atoms with Crippen molar-refractivity contribution in [2.75, 3.05) is 27.2 Å². The van der Waals surface area contributed by atoms with Crippen molar-refractivity contribution < 1.29 is 4.79 Å². The van der Waals surface area contributed by atoms with Gasteiger partial charge < -0.3 is 15.5 Å². The van der Waals surface area contributed by atoms with E-state index in [0.717, 1.165) is 5.69 Å². The molecule has 0 fully saturated rings. The third-order valence-electron chi connectivity index (χ3n) is 1.93. The number of aromatic nitrogens is 2. The van der Waals surface area contributed by atoms with E-state index in [1.54, 1.807) is 20.3 Å². The van der Waals surface area contributed by atoms with Gasteiger partial charge in [-0.2, -0.15) is 0 Å². The second kappa shape index (κ2) is 6.73. The van der Waals surface area contributed by atoms with Crippen molar-refractivity contribution in [3.63, 3.8) is 0 Å². The summed E-state index contributed by atoms with van der Waals surface area (Å²) in [6, 6.07) is 1.77. The summed E-state index contributed by atoms with van der Waals surface area (Å²) in [5, 5.41) is 5.93. The van der Waals surface area contributed by atoms with Gasteiger partial charge in [-0.15, -0.1) is 0 Å². The van der Waals surface area contributed by atoms with Gasteiger partial charge in [-0.3, -0.25) is 0 Å². The Labute approximate surface area is 95.1 Å². The molecule has 1 rings (SSSR count). The van der Waals surface area contributed by atoms with Crippen molar-refractivity contribution in [2.24, 2.45) is 0 Å². The summed E-state index contributed by atoms with van der Waals surface area (Å²) >= 11 is 0. The lowest BCUT2D eigenvalue weighted by Gasteiger charge is -2.11. The van der Waals surface area contributed by atoms with E-state index in [9.17, 15) is 4.79 Å². The monoisotopic (exact) mass is 223 g/mol. The van der Waals surface area contributed by atoms with Gasteiger partial charge >= 0.3 is 6.03 Å². The van der Waals surface area contributed by atoms with Crippen LogP contribution in [0.1, 0.15) is 5.69 Å². The standard InChI is InChI=1S/C10H17N5O/c1-15(2)10(16)13-6-5-11-7-9-3-4-12-8-14-9/h3-4,8,11H,5-7H2,1-2H3,(H,13,16). The van der Waals surface area contributed by atoms with Crippen LogP contribution in [0.15, 0.2) is 18.6 Å². The predicted molar refractivity (Wildman–Crippen MR) is 60.8 cm³/mol. The average molecular weight is 223 g/mol. The van der Waals surface area contributed by atoms with Crippen LogP contribution >= 0.6 is 0 Å². The first-order valence-corrected chi connectivity index (χ1v) is 5.11. The fraction of sp³-hybridized carbons (Fsp3) is 0.500. The van der Waals surface area contributed by atoms with Crippen LogP contribution in [0.2, 0.25) is 0 Å². The number of carbonyl (C=O) groups excluding carboxylic acids is 1. The van der Waals surface area contributed by atoms with E-state index in [0.29, 0.717) is 19.6 Å². The summed E-state index contributed by atoms with van der Waals surface area (Å²) in [7, 11) is 3.42. The molecular formula is C10H17N5O. The van der Waals surface area contributed by atoms with E-state index in [2.05, 4.69) is 20.6 Å². The Hall–Kier alpha value is -1.69. The first kappa shape index (κ1) is 12.4. The summed E-state index contributed by atoms with van der Waals surface area (Å²) in [5.41, 5.74) is 0.939. The summed E-state index contributed by atoms with van der Waals surface area (Å²) in [6.07, 6.45) is 3.22. The topological polar surface area (TPSA) is 70.2 Å². The molecule has 88 valence electrons. The zero-order valence-electron chi connectivity index (χ0n) is 9.60. The van der Waals surface area contributed by atoms with Gasteiger partial charge in [0.05, 0.1) is 5.69 Å². The maximum Gasteiger partial charge on any atom is 0.316 e. The van der Waals surface area contributed by atoms with E-state index in [1.165, 1.54) is 11.2 Å². The van der Waals surface area contributed by atoms with Crippen LogP contribution in [0.3, 0.4) is 0 Å². The lowest BCUT2D eigenvalue weighted by molar-refractivity contribution is 0.217. The van der Waals surface area contributed by atoms with Crippen LogP contribution in [0.25, 0.3) is 0 Å². The smallest absolute Gasteiger partial charge is 0.316 e. The maximum absolute atomic E-state index is 11.1. The van der Waals surface area contributed by atoms with Gasteiger partial charge in [0.2, 0.25) is 0 Å². The molecule has 6 nitrogen and oxygen atoms in total. The highest BCUT2D eigenvalue weighted by Gasteiger charge is 2.00. The molecule has 2 amide bonds. The molecular weight excluding hydrogens is 206 g/mol. The number of carbonyl (C=O) groups is 1. The zero-order chi connectivity index (χ0) is 11.8. The van der Waals surface area contributed by atoms with Crippen LogP contribution in [-0.4, -0.2) is 48.1 Å². The second-order valence-corrected chi connectivity index (χ2v) is 3.50. The normalized spacial score (nSPS) is 9.88. The highest BCUT2D eigenvalue weighted by atomic mass is 16.2. The van der Waals surface area contributed by atoms with E-state index >= 15 is 0 Å². The number of amides is 2. The average Bonchev–Trinajstić information content (AvgIpc) is 2.29. The third-order valence-corrected chi connectivity index (χ3v) is 1.93. The maximum atomic E-state index is 11.1. The Morgan fingerprint density at radius 3 is 2.88 bits per heavy atom. The van der Waals surface area contributed by atoms with Crippen LogP contribution in [0, 0.1) is 0 Å². The van der Waals surface area contributed by atoms with Crippen molar-refractivity contribution in [3.05, 3.63) is 24.3 Å². The first-order chi connectivity index (χ1) is 7.70. The Kier molecular flexibility index (Phi) is 5.21. The Balaban J connectivity index is 2.07. The van der Waals surface area contributed by atoms with Crippen molar-refractivity contribution in [1.82, 2.24) is 25.5 Å². The minimum Gasteiger partial charge on any atom is -0.337 e. The van der Waals surface area contributed by atoms with Crippen LogP contribution in [-0.2, 0) is 6.54 Å². The molecule has 0 aliphatic rings. The van der Waals surface area contributed by atoms with Crippen LogP contribution < -0.4 is 10.6 Å². The van der Waals surface area contributed by atoms with Gasteiger partial charge in [0.25, 0.3) is 0 Å². The third kappa shape index (κ3) is 4.70. The van der Waals surface area contributed by atoms with E-state index in [4.69, 9.17) is 0 Å². The number of hydrogen-bond acceptors (Lipinski definition) is 4. The fourth-order valence-electron chi connectivity index (χ4n) is 1.06. The first-order valence-electron chi connectivity index (χ1n) is 5.11. The molecule has 6 heteroatoms. The van der Waals surface area contributed by atoms with E-state index in [-0.39, 0.29) is 6.03 Å². The molecule has 1 aromatic heterocycles. The molecule has 0 aliphatic carbocycles. The van der Waals surface area contributed by atoms with Gasteiger partial charge in [-0.25, -0.2) is 14.8 Å². The summed E-state index contributed by atoms with van der Waals surface area (Å²) in [4.78, 5) is 20.5. The molecule has 0 aliphatic heterocycles. The molecule has 1 heterocycles. The summed E-state index contributed by atoms with van der Waals surface area (Å²) < 4.78 is 0. The second-order valence-electron chi connectivity index (χ2n) is 3.50. The Bertz CT molecular complexity index is 314. The Morgan fingerprint density at radius 2 is 2.25 bits per heavy atom. The zero-order valence-corrected chi connectivity index (χ0v) is 9.60. The molecule has 0 radical (unpaired) electrons. The molecule has 1 aromatic rings. The molecule has 0 saturated heterocycles. The highest BCUT2D eigenvalue weighted by molar-refractivity contribution is 5.73. The van der Waals surface area contributed by atoms with Gasteiger partial charge in [-0.1, -0.05) is 0 Å². The lowest BCUT2D eigenvalue weighted by atomic mass is 10.4. The minimum atomic E-state index is -0.0798. The number of urea groups is 1. The molecule has 0 bridgehead atoms. The number of rotatable bonds is 5. The molecule has 2 N–H and O–H groups in total. The van der Waals surface area contributed by atoms with Gasteiger partial charge in [0.15, 0.2) is 0 Å². The minimum absolute atomic E-state index is 0.0798. The molecule has 0 spiro atoms. The quantitative estimate of drug-likeness (QED) is 0.680. The van der Waals surface area contributed by atoms with Crippen LogP contribution in [0.4, 0.5) is 4.79 Å². The molecule has 0 unspecified atom stereocenters. The largest absolute Gasteiger partial charge is 0.337 e. The van der Waals surface area contributed by atoms with E-state index in [1.807, 2.05) is 6.07 Å². The lowest BCUT2D eigenvalue weighted by Crippen LogP contribution is -2.38. The van der Waals surface area contributed by atoms with Gasteiger partial charge in [0, 0.05) is 39.9 Å². The number of nitrogens with zero attached hydrogens (tertiary/aromatic N) is 3. The van der Waals surface area contributed by atoms with Crippen molar-refractivity contribution in [1.29, 1.82) is 0 Å². The SMILES string of the molecule is CN(C)C(=O)NCCNCc1ccncn1. The fourth-order valence-corrected chi connectivity index (χ4v) is 1.06. The van der Waals surface area contributed by atoms with Crippen molar-refractivity contribution >= 4 is 6.03 Å². The number of nitrogens with one attached hydrogen (secondary N) is 2. The molecule has 0 atom stereocenters. The molecule has 16 heavy (non-hydrogen) atoms. The van der Waals surface area contributed by atoms with Crippen LogP contribution in [0.5, 0.6) is 0 Å². The Morgan fingerprint density at radius 1 is 1.44 bits per heavy atom. The van der Waals surface area contributed by atoms with Gasteiger partial charge in [-0.05, 0) is 6.07 Å². The van der Waals surface area contributed by atoms with E-state index < -0.39 is 0 Å². The highest BCUT2D eigenvalue weighted by Crippen LogP contribution is 1.88. The predicted octanol–water partition coefficient (Wildman–Crippen LogP) is -0.163. The number of hydrogen-bond donors (Lipinski definition) is 2. The van der Waals surface area contributed by atoms with Crippen molar-refractivity contribution in [2.45, 2.75) is 6.54 Å².